The number of fused-ring (bicyclic) bond motifs is 2. The third-order valence-corrected chi connectivity index (χ3v) is 9.52. The zero-order valence-corrected chi connectivity index (χ0v) is 24.3. The molecule has 0 unspecified atom stereocenters. The van der Waals surface area contributed by atoms with Gasteiger partial charge < -0.3 is 14.5 Å². The maximum atomic E-state index is 13.5. The average molecular weight is 584 g/mol. The van der Waals surface area contributed by atoms with Gasteiger partial charge in [-0.2, -0.15) is 0 Å². The van der Waals surface area contributed by atoms with Crippen LogP contribution in [0.1, 0.15) is 52.7 Å². The van der Waals surface area contributed by atoms with Crippen LogP contribution in [0.2, 0.25) is 0 Å². The highest BCUT2D eigenvalue weighted by molar-refractivity contribution is 7.99. The Balaban J connectivity index is 1.40. The topological polar surface area (TPSA) is 103 Å². The number of esters is 1. The van der Waals surface area contributed by atoms with Crippen LogP contribution in [0.3, 0.4) is 0 Å². The lowest BCUT2D eigenvalue weighted by atomic mass is 10.1. The van der Waals surface area contributed by atoms with Crippen molar-refractivity contribution >= 4 is 61.5 Å². The summed E-state index contributed by atoms with van der Waals surface area (Å²) < 4.78 is 12.6. The van der Waals surface area contributed by atoms with E-state index in [9.17, 15) is 14.4 Å². The molecule has 0 aromatic carbocycles. The summed E-state index contributed by atoms with van der Waals surface area (Å²) in [6.07, 6.45) is 6.54. The van der Waals surface area contributed by atoms with Gasteiger partial charge >= 0.3 is 5.97 Å². The van der Waals surface area contributed by atoms with E-state index in [0.717, 1.165) is 48.3 Å². The van der Waals surface area contributed by atoms with Gasteiger partial charge in [0, 0.05) is 22.4 Å². The molecular weight excluding hydrogens is 555 g/mol. The normalized spacial score (nSPS) is 13.2. The number of allylic oxidation sites excluding steroid dienone is 1. The number of thioether (sulfide) groups is 1. The van der Waals surface area contributed by atoms with E-state index in [0.29, 0.717) is 37.3 Å². The number of carbonyl (C=O) groups excluding carboxylic acids is 2. The average Bonchev–Trinajstić information content (AvgIpc) is 3.57. The van der Waals surface area contributed by atoms with Gasteiger partial charge in [-0.1, -0.05) is 24.3 Å². The molecule has 0 saturated heterocycles. The van der Waals surface area contributed by atoms with Crippen LogP contribution in [-0.2, 0) is 28.9 Å². The SMILES string of the molecule is C=CCn1c(SCC(=O)Nc2sc3c(c2C(=O)OCC)CCCCC3)nc2scc(-c3ccc(C)o3)c2c1=O. The monoisotopic (exact) mass is 583 g/mol. The first-order valence-corrected chi connectivity index (χ1v) is 15.5. The highest BCUT2D eigenvalue weighted by atomic mass is 32.2. The van der Waals surface area contributed by atoms with Gasteiger partial charge in [-0.3, -0.25) is 14.2 Å². The van der Waals surface area contributed by atoms with Crippen LogP contribution in [0.15, 0.2) is 44.5 Å². The smallest absolute Gasteiger partial charge is 0.341 e. The largest absolute Gasteiger partial charge is 0.462 e. The van der Waals surface area contributed by atoms with Crippen LogP contribution >= 0.6 is 34.4 Å². The van der Waals surface area contributed by atoms with Crippen LogP contribution < -0.4 is 10.9 Å². The number of ether oxygens (including phenoxy) is 1. The van der Waals surface area contributed by atoms with Gasteiger partial charge in [-0.05, 0) is 57.2 Å². The molecule has 8 nitrogen and oxygen atoms in total. The van der Waals surface area contributed by atoms with E-state index in [4.69, 9.17) is 14.1 Å². The van der Waals surface area contributed by atoms with Crippen molar-refractivity contribution in [3.05, 3.63) is 62.3 Å². The Kier molecular flexibility index (Phi) is 8.39. The first kappa shape index (κ1) is 27.4. The number of thiophene rings is 2. The Morgan fingerprint density at radius 1 is 1.28 bits per heavy atom. The molecule has 1 aliphatic carbocycles. The Morgan fingerprint density at radius 2 is 2.10 bits per heavy atom. The number of hydrogen-bond acceptors (Lipinski definition) is 9. The Labute approximate surface area is 238 Å². The van der Waals surface area contributed by atoms with Crippen molar-refractivity contribution in [2.75, 3.05) is 17.7 Å². The van der Waals surface area contributed by atoms with E-state index in [-0.39, 0.29) is 30.4 Å². The number of rotatable bonds is 9. The third kappa shape index (κ3) is 5.61. The van der Waals surface area contributed by atoms with Crippen LogP contribution in [-0.4, -0.2) is 33.8 Å². The molecule has 0 radical (unpaired) electrons. The number of nitrogens with zero attached hydrogens (tertiary/aromatic N) is 2. The number of aromatic nitrogens is 2. The fraction of sp³-hybridized carbons (Fsp3) is 0.357. The van der Waals surface area contributed by atoms with Crippen molar-refractivity contribution in [2.45, 2.75) is 57.7 Å². The molecule has 0 bridgehead atoms. The molecule has 39 heavy (non-hydrogen) atoms. The van der Waals surface area contributed by atoms with E-state index in [2.05, 4.69) is 11.9 Å². The summed E-state index contributed by atoms with van der Waals surface area (Å²) in [5, 5.41) is 6.27. The first-order chi connectivity index (χ1) is 18.9. The van der Waals surface area contributed by atoms with Gasteiger partial charge in [0.15, 0.2) is 5.16 Å². The second kappa shape index (κ2) is 11.9. The molecule has 0 saturated carbocycles. The zero-order valence-electron chi connectivity index (χ0n) is 21.8. The van der Waals surface area contributed by atoms with Gasteiger partial charge in [0.1, 0.15) is 21.4 Å². The van der Waals surface area contributed by atoms with E-state index in [1.54, 1.807) is 13.0 Å². The summed E-state index contributed by atoms with van der Waals surface area (Å²) in [5.41, 5.74) is 1.99. The van der Waals surface area contributed by atoms with Gasteiger partial charge in [0.05, 0.1) is 23.3 Å². The predicted octanol–water partition coefficient (Wildman–Crippen LogP) is 6.45. The van der Waals surface area contributed by atoms with E-state index in [1.807, 2.05) is 24.4 Å². The maximum absolute atomic E-state index is 13.5. The number of furan rings is 1. The summed E-state index contributed by atoms with van der Waals surface area (Å²) >= 11 is 4.01. The number of anilines is 1. The Bertz CT molecular complexity index is 1610. The van der Waals surface area contributed by atoms with Gasteiger partial charge in [-0.15, -0.1) is 29.3 Å². The molecule has 1 N–H and O–H groups in total. The lowest BCUT2D eigenvalue weighted by Crippen LogP contribution is -2.23. The molecule has 1 amide bonds. The minimum absolute atomic E-state index is 0.0233. The van der Waals surface area contributed by atoms with Gasteiger partial charge in [0.2, 0.25) is 5.91 Å². The maximum Gasteiger partial charge on any atom is 0.341 e. The third-order valence-electron chi connectivity index (χ3n) is 6.46. The molecule has 0 spiro atoms. The Hall–Kier alpha value is -3.15. The number of amides is 1. The fourth-order valence-corrected chi connectivity index (χ4v) is 7.78. The second-order valence-corrected chi connectivity index (χ2v) is 12.1. The summed E-state index contributed by atoms with van der Waals surface area (Å²) in [6, 6.07) is 3.70. The number of nitrogens with one attached hydrogen (secondary N) is 1. The van der Waals surface area contributed by atoms with E-state index >= 15 is 0 Å². The highest BCUT2D eigenvalue weighted by Crippen LogP contribution is 2.38. The molecule has 5 rings (SSSR count). The van der Waals surface area contributed by atoms with Crippen LogP contribution in [0.25, 0.3) is 21.5 Å². The van der Waals surface area contributed by atoms with E-state index < -0.39 is 5.97 Å². The number of carbonyl (C=O) groups is 2. The van der Waals surface area contributed by atoms with Crippen LogP contribution in [0.4, 0.5) is 5.00 Å². The van der Waals surface area contributed by atoms with Crippen LogP contribution in [0.5, 0.6) is 0 Å². The number of aryl methyl sites for hydroxylation is 2. The summed E-state index contributed by atoms with van der Waals surface area (Å²) in [5.74, 6) is 0.728. The predicted molar refractivity (Wildman–Crippen MR) is 157 cm³/mol. The minimum atomic E-state index is -0.396. The molecule has 0 aliphatic heterocycles. The lowest BCUT2D eigenvalue weighted by Gasteiger charge is -2.11. The van der Waals surface area contributed by atoms with Crippen molar-refractivity contribution in [1.29, 1.82) is 0 Å². The fourth-order valence-electron chi connectivity index (χ4n) is 4.71. The van der Waals surface area contributed by atoms with Gasteiger partial charge in [-0.25, -0.2) is 9.78 Å². The molecule has 11 heteroatoms. The van der Waals surface area contributed by atoms with Crippen molar-refractivity contribution in [2.24, 2.45) is 0 Å². The molecule has 4 heterocycles. The lowest BCUT2D eigenvalue weighted by molar-refractivity contribution is -0.113. The van der Waals surface area contributed by atoms with Crippen molar-refractivity contribution in [3.63, 3.8) is 0 Å². The van der Waals surface area contributed by atoms with E-state index in [1.165, 1.54) is 39.0 Å². The summed E-state index contributed by atoms with van der Waals surface area (Å²) in [4.78, 5) is 45.9. The molecular formula is C28H29N3O5S3. The van der Waals surface area contributed by atoms with Gasteiger partial charge in [0.25, 0.3) is 5.56 Å². The summed E-state index contributed by atoms with van der Waals surface area (Å²) in [7, 11) is 0. The standard InChI is InChI=1S/C28H29N3O5S3/c1-4-13-31-26(33)22-18(19-12-11-16(3)36-19)14-37-24(22)30-28(31)38-15-21(32)29-25-23(27(34)35-5-2)17-9-7-6-8-10-20(17)39-25/h4,11-12,14H,1,5-10,13,15H2,2-3H3,(H,29,32). The molecule has 0 fully saturated rings. The van der Waals surface area contributed by atoms with Crippen molar-refractivity contribution in [3.8, 4) is 11.3 Å². The quantitative estimate of drug-likeness (QED) is 0.0794. The summed E-state index contributed by atoms with van der Waals surface area (Å²) in [6.45, 7) is 7.94. The molecule has 0 atom stereocenters. The number of hydrogen-bond donors (Lipinski definition) is 1. The first-order valence-electron chi connectivity index (χ1n) is 12.8. The zero-order chi connectivity index (χ0) is 27.5. The highest BCUT2D eigenvalue weighted by Gasteiger charge is 2.27. The van der Waals surface area contributed by atoms with Crippen molar-refractivity contribution < 1.29 is 18.7 Å². The molecule has 4 aromatic rings. The van der Waals surface area contributed by atoms with Crippen LogP contribution in [0, 0.1) is 6.92 Å². The molecule has 204 valence electrons. The second-order valence-electron chi connectivity index (χ2n) is 9.16. The minimum Gasteiger partial charge on any atom is -0.462 e. The Morgan fingerprint density at radius 3 is 2.85 bits per heavy atom. The molecule has 4 aromatic heterocycles. The molecule has 1 aliphatic rings. The van der Waals surface area contributed by atoms with Crippen molar-refractivity contribution in [1.82, 2.24) is 9.55 Å².